The zero-order valence-electron chi connectivity index (χ0n) is 16.0. The molecule has 0 aromatic heterocycles. The van der Waals surface area contributed by atoms with Gasteiger partial charge in [-0.15, -0.1) is 0 Å². The Balaban J connectivity index is 1.77. The molecule has 0 bridgehead atoms. The first-order valence-electron chi connectivity index (χ1n) is 9.65. The minimum atomic E-state index is -3.31. The van der Waals surface area contributed by atoms with Gasteiger partial charge in [0, 0.05) is 6.42 Å². The van der Waals surface area contributed by atoms with Crippen molar-refractivity contribution in [2.45, 2.75) is 71.2 Å². The number of rotatable bonds is 10. The maximum Gasteiger partial charge on any atom is 0.387 e. The normalized spacial score (nSPS) is 20.8. The number of benzene rings is 1. The molecule has 0 saturated heterocycles. The van der Waals surface area contributed by atoms with E-state index in [2.05, 4.69) is 10.8 Å². The second kappa shape index (κ2) is 10.8. The van der Waals surface area contributed by atoms with Crippen molar-refractivity contribution in [1.82, 2.24) is 0 Å². The molecule has 1 aliphatic rings. The summed E-state index contributed by atoms with van der Waals surface area (Å²) in [6, 6.07) is 3.07. The van der Waals surface area contributed by atoms with Crippen molar-refractivity contribution in [3.05, 3.63) is 41.7 Å². The summed E-state index contributed by atoms with van der Waals surface area (Å²) in [6.45, 7) is -1.67. The average Bonchev–Trinajstić information content (AvgIpc) is 2.63. The summed E-state index contributed by atoms with van der Waals surface area (Å²) in [4.78, 5) is 0. The Hall–Kier alpha value is -1.63. The van der Waals surface area contributed by atoms with E-state index < -0.39 is 30.9 Å². The van der Waals surface area contributed by atoms with E-state index in [-0.39, 0.29) is 17.9 Å². The summed E-state index contributed by atoms with van der Waals surface area (Å²) < 4.78 is 74.8. The molecule has 1 aromatic rings. The first-order valence-corrected chi connectivity index (χ1v) is 9.65. The molecule has 7 heteroatoms. The molecule has 2 nitrogen and oxygen atoms in total. The topological polar surface area (TPSA) is 18.5 Å². The van der Waals surface area contributed by atoms with Crippen LogP contribution in [0, 0.1) is 17.7 Å². The van der Waals surface area contributed by atoms with Crippen molar-refractivity contribution in [2.75, 3.05) is 0 Å². The molecule has 0 heterocycles. The predicted molar refractivity (Wildman–Crippen MR) is 96.9 cm³/mol. The Kier molecular flexibility index (Phi) is 8.73. The van der Waals surface area contributed by atoms with Crippen molar-refractivity contribution in [3.8, 4) is 5.75 Å². The van der Waals surface area contributed by atoms with E-state index in [4.69, 9.17) is 4.74 Å². The van der Waals surface area contributed by atoms with Gasteiger partial charge in [-0.3, -0.25) is 0 Å². The van der Waals surface area contributed by atoms with Crippen LogP contribution in [0.15, 0.2) is 30.4 Å². The Morgan fingerprint density at radius 3 is 2.43 bits per heavy atom. The molecule has 1 fully saturated rings. The Morgan fingerprint density at radius 2 is 1.82 bits per heavy atom. The van der Waals surface area contributed by atoms with E-state index in [9.17, 15) is 22.0 Å². The maximum absolute atomic E-state index is 14.1. The Morgan fingerprint density at radius 1 is 1.14 bits per heavy atom. The highest BCUT2D eigenvalue weighted by Gasteiger charge is 2.35. The van der Waals surface area contributed by atoms with Gasteiger partial charge in [-0.1, -0.05) is 31.1 Å². The van der Waals surface area contributed by atoms with Gasteiger partial charge >= 0.3 is 12.7 Å². The SMILES string of the molecule is CC=CCC[C@H]1CC[C@H](CC(F)(F)OCc2ccc(OC(F)F)c(F)c2)CC1. The monoisotopic (exact) mass is 406 g/mol. The van der Waals surface area contributed by atoms with Gasteiger partial charge in [0.1, 0.15) is 0 Å². The second-order valence-corrected chi connectivity index (χ2v) is 7.31. The van der Waals surface area contributed by atoms with E-state index >= 15 is 0 Å². The molecular weight excluding hydrogens is 379 g/mol. The van der Waals surface area contributed by atoms with Crippen LogP contribution in [0.3, 0.4) is 0 Å². The predicted octanol–water partition coefficient (Wildman–Crippen LogP) is 7.09. The molecule has 2 rings (SSSR count). The number of halogens is 5. The molecule has 0 aliphatic heterocycles. The van der Waals surface area contributed by atoms with E-state index in [0.29, 0.717) is 5.92 Å². The third kappa shape index (κ3) is 7.78. The summed E-state index contributed by atoms with van der Waals surface area (Å²) >= 11 is 0. The van der Waals surface area contributed by atoms with Crippen LogP contribution >= 0.6 is 0 Å². The van der Waals surface area contributed by atoms with Crippen molar-refractivity contribution < 1.29 is 31.4 Å². The van der Waals surface area contributed by atoms with Gasteiger partial charge in [-0.25, -0.2) is 4.39 Å². The van der Waals surface area contributed by atoms with Gasteiger partial charge in [-0.2, -0.15) is 17.6 Å². The molecule has 28 heavy (non-hydrogen) atoms. The van der Waals surface area contributed by atoms with Crippen molar-refractivity contribution >= 4 is 0 Å². The van der Waals surface area contributed by atoms with Crippen LogP contribution in [-0.2, 0) is 11.3 Å². The fourth-order valence-corrected chi connectivity index (χ4v) is 3.63. The lowest BCUT2D eigenvalue weighted by Crippen LogP contribution is -2.27. The third-order valence-electron chi connectivity index (χ3n) is 5.13. The van der Waals surface area contributed by atoms with Crippen LogP contribution in [0.25, 0.3) is 0 Å². The Bertz CT molecular complexity index is 625. The summed E-state index contributed by atoms with van der Waals surface area (Å²) in [6.07, 6.45) is 6.04. The summed E-state index contributed by atoms with van der Waals surface area (Å²) in [7, 11) is 0. The molecule has 0 radical (unpaired) electrons. The second-order valence-electron chi connectivity index (χ2n) is 7.31. The van der Waals surface area contributed by atoms with Gasteiger partial charge in [-0.05, 0) is 62.1 Å². The van der Waals surface area contributed by atoms with Crippen LogP contribution in [-0.4, -0.2) is 12.7 Å². The largest absolute Gasteiger partial charge is 0.432 e. The van der Waals surface area contributed by atoms with Gasteiger partial charge in [0.2, 0.25) is 0 Å². The lowest BCUT2D eigenvalue weighted by Gasteiger charge is -2.30. The number of alkyl halides is 4. The minimum absolute atomic E-state index is 0.0912. The maximum atomic E-state index is 14.1. The number of allylic oxidation sites excluding steroid dienone is 2. The van der Waals surface area contributed by atoms with Crippen molar-refractivity contribution in [3.63, 3.8) is 0 Å². The van der Waals surface area contributed by atoms with Crippen LogP contribution in [0.2, 0.25) is 0 Å². The standard InChI is InChI=1S/C21H27F5O2/c1-2-3-4-5-15-6-8-16(9-7-15)13-21(25,26)27-14-17-10-11-19(18(22)12-17)28-20(23)24/h2-3,10-12,15-16,20H,4-9,13-14H2,1H3/t15-,16-. The summed E-state index contributed by atoms with van der Waals surface area (Å²) in [5.41, 5.74) is 0.131. The van der Waals surface area contributed by atoms with Gasteiger partial charge in [0.25, 0.3) is 0 Å². The fourth-order valence-electron chi connectivity index (χ4n) is 3.63. The van der Waals surface area contributed by atoms with Crippen LogP contribution in [0.4, 0.5) is 22.0 Å². The molecule has 0 unspecified atom stereocenters. The molecule has 1 aliphatic carbocycles. The smallest absolute Gasteiger partial charge is 0.387 e. The van der Waals surface area contributed by atoms with Crippen LogP contribution in [0.1, 0.15) is 57.4 Å². The van der Waals surface area contributed by atoms with Gasteiger partial charge in [0.15, 0.2) is 11.6 Å². The minimum Gasteiger partial charge on any atom is -0.432 e. The third-order valence-corrected chi connectivity index (χ3v) is 5.13. The lowest BCUT2D eigenvalue weighted by molar-refractivity contribution is -0.256. The molecule has 0 N–H and O–H groups in total. The van der Waals surface area contributed by atoms with E-state index in [1.165, 1.54) is 6.07 Å². The quantitative estimate of drug-likeness (QED) is 0.305. The number of hydrogen-bond donors (Lipinski definition) is 0. The molecule has 0 amide bonds. The highest BCUT2D eigenvalue weighted by atomic mass is 19.3. The number of hydrogen-bond acceptors (Lipinski definition) is 2. The van der Waals surface area contributed by atoms with Crippen molar-refractivity contribution in [1.29, 1.82) is 0 Å². The fraction of sp³-hybridized carbons (Fsp3) is 0.619. The highest BCUT2D eigenvalue weighted by Crippen LogP contribution is 2.38. The molecule has 1 saturated carbocycles. The lowest BCUT2D eigenvalue weighted by atomic mass is 9.78. The van der Waals surface area contributed by atoms with Crippen LogP contribution in [0.5, 0.6) is 5.75 Å². The molecule has 158 valence electrons. The zero-order chi connectivity index (χ0) is 20.6. The first kappa shape index (κ1) is 22.7. The molecular formula is C21H27F5O2. The number of ether oxygens (including phenoxy) is 2. The summed E-state index contributed by atoms with van der Waals surface area (Å²) in [5, 5.41) is 0. The van der Waals surface area contributed by atoms with Gasteiger partial charge in [0.05, 0.1) is 6.61 Å². The van der Waals surface area contributed by atoms with Crippen molar-refractivity contribution in [2.24, 2.45) is 11.8 Å². The zero-order valence-corrected chi connectivity index (χ0v) is 16.0. The molecule has 1 aromatic carbocycles. The molecule has 0 spiro atoms. The van der Waals surface area contributed by atoms with Gasteiger partial charge < -0.3 is 9.47 Å². The molecule has 0 atom stereocenters. The van der Waals surface area contributed by atoms with E-state index in [1.807, 2.05) is 13.0 Å². The van der Waals surface area contributed by atoms with E-state index in [0.717, 1.165) is 50.7 Å². The van der Waals surface area contributed by atoms with Crippen LogP contribution < -0.4 is 4.74 Å². The summed E-state index contributed by atoms with van der Waals surface area (Å²) in [5.74, 6) is -1.16. The highest BCUT2D eigenvalue weighted by molar-refractivity contribution is 5.29. The average molecular weight is 406 g/mol. The van der Waals surface area contributed by atoms with E-state index in [1.54, 1.807) is 0 Å². The Labute approximate surface area is 162 Å². The first-order chi connectivity index (χ1) is 13.3.